The Bertz CT molecular complexity index is 494. The Hall–Kier alpha value is -1.81. The molecule has 20 heavy (non-hydrogen) atoms. The summed E-state index contributed by atoms with van der Waals surface area (Å²) in [5, 5.41) is 0. The van der Waals surface area contributed by atoms with E-state index >= 15 is 0 Å². The molecule has 0 bridgehead atoms. The van der Waals surface area contributed by atoms with Crippen molar-refractivity contribution in [3.63, 3.8) is 0 Å². The summed E-state index contributed by atoms with van der Waals surface area (Å²) in [6, 6.07) is 10.7. The molecule has 4 nitrogen and oxygen atoms in total. The first-order valence-electron chi connectivity index (χ1n) is 7.40. The number of hydrogen-bond acceptors (Lipinski definition) is 3. The second-order valence-corrected chi connectivity index (χ2v) is 5.32. The lowest BCUT2D eigenvalue weighted by Gasteiger charge is -2.23. The average Bonchev–Trinajstić information content (AvgIpc) is 2.90. The van der Waals surface area contributed by atoms with E-state index in [0.717, 1.165) is 32.7 Å². The zero-order chi connectivity index (χ0) is 13.6. The number of anilines is 1. The maximum Gasteiger partial charge on any atom is 0.0946 e. The van der Waals surface area contributed by atoms with Gasteiger partial charge >= 0.3 is 0 Å². The molecule has 106 valence electrons. The fourth-order valence-electron chi connectivity index (χ4n) is 2.77. The van der Waals surface area contributed by atoms with Gasteiger partial charge in [-0.2, -0.15) is 0 Å². The second kappa shape index (κ2) is 6.57. The van der Waals surface area contributed by atoms with E-state index in [1.165, 1.54) is 18.7 Å². The quantitative estimate of drug-likeness (QED) is 0.850. The van der Waals surface area contributed by atoms with Crippen LogP contribution in [-0.4, -0.2) is 47.2 Å². The molecule has 0 saturated carbocycles. The highest BCUT2D eigenvalue weighted by atomic mass is 15.2. The number of benzene rings is 1. The molecule has 0 radical (unpaired) electrons. The van der Waals surface area contributed by atoms with Gasteiger partial charge in [-0.05, 0) is 25.1 Å². The van der Waals surface area contributed by atoms with Gasteiger partial charge in [-0.15, -0.1) is 0 Å². The van der Waals surface area contributed by atoms with E-state index in [-0.39, 0.29) is 0 Å². The predicted octanol–water partition coefficient (Wildman–Crippen LogP) is 2.10. The highest BCUT2D eigenvalue weighted by molar-refractivity contribution is 5.46. The molecular weight excluding hydrogens is 248 g/mol. The van der Waals surface area contributed by atoms with Gasteiger partial charge in [-0.1, -0.05) is 18.2 Å². The Morgan fingerprint density at radius 2 is 1.85 bits per heavy atom. The van der Waals surface area contributed by atoms with Crippen LogP contribution >= 0.6 is 0 Å². The van der Waals surface area contributed by atoms with E-state index in [1.807, 2.05) is 18.7 Å². The summed E-state index contributed by atoms with van der Waals surface area (Å²) in [7, 11) is 0. The molecule has 1 aliphatic rings. The van der Waals surface area contributed by atoms with Gasteiger partial charge in [0, 0.05) is 50.8 Å². The van der Waals surface area contributed by atoms with Gasteiger partial charge in [0.05, 0.1) is 6.33 Å². The summed E-state index contributed by atoms with van der Waals surface area (Å²) < 4.78 is 2.15. The van der Waals surface area contributed by atoms with Gasteiger partial charge in [0.1, 0.15) is 0 Å². The fourth-order valence-corrected chi connectivity index (χ4v) is 2.77. The standard InChI is InChI=1S/C16H22N4/c1-2-5-16(6-3-1)20-9-4-8-18(13-14-20)11-12-19-10-7-17-15-19/h1-3,5-7,10,15H,4,8-9,11-14H2. The summed E-state index contributed by atoms with van der Waals surface area (Å²) in [5.74, 6) is 0. The SMILES string of the molecule is c1ccc(N2CCCN(CCn3ccnc3)CC2)cc1. The number of hydrogen-bond donors (Lipinski definition) is 0. The highest BCUT2D eigenvalue weighted by Crippen LogP contribution is 2.15. The number of imidazole rings is 1. The molecule has 1 aliphatic heterocycles. The van der Waals surface area contributed by atoms with Gasteiger partial charge in [-0.25, -0.2) is 4.98 Å². The maximum absolute atomic E-state index is 4.09. The normalized spacial score (nSPS) is 17.1. The van der Waals surface area contributed by atoms with Crippen LogP contribution in [0.3, 0.4) is 0 Å². The Balaban J connectivity index is 1.52. The smallest absolute Gasteiger partial charge is 0.0946 e. The van der Waals surface area contributed by atoms with Gasteiger partial charge in [0.15, 0.2) is 0 Å². The minimum atomic E-state index is 1.03. The van der Waals surface area contributed by atoms with Crippen molar-refractivity contribution in [1.82, 2.24) is 14.5 Å². The minimum absolute atomic E-state index is 1.03. The molecule has 0 spiro atoms. The molecule has 0 aliphatic carbocycles. The van der Waals surface area contributed by atoms with Crippen LogP contribution in [0.1, 0.15) is 6.42 Å². The number of para-hydroxylation sites is 1. The number of aromatic nitrogens is 2. The van der Waals surface area contributed by atoms with Crippen LogP contribution in [0, 0.1) is 0 Å². The monoisotopic (exact) mass is 270 g/mol. The largest absolute Gasteiger partial charge is 0.370 e. The van der Waals surface area contributed by atoms with Crippen molar-refractivity contribution in [2.24, 2.45) is 0 Å². The summed E-state index contributed by atoms with van der Waals surface area (Å²) >= 11 is 0. The van der Waals surface area contributed by atoms with Crippen molar-refractivity contribution in [2.75, 3.05) is 37.6 Å². The Kier molecular flexibility index (Phi) is 4.33. The van der Waals surface area contributed by atoms with Gasteiger partial charge in [-0.3, -0.25) is 4.90 Å². The first-order chi connectivity index (χ1) is 9.92. The van der Waals surface area contributed by atoms with Crippen molar-refractivity contribution in [2.45, 2.75) is 13.0 Å². The molecule has 0 N–H and O–H groups in total. The van der Waals surface area contributed by atoms with Crippen LogP contribution in [-0.2, 0) is 6.54 Å². The molecule has 1 aromatic carbocycles. The average molecular weight is 270 g/mol. The number of rotatable bonds is 4. The van der Waals surface area contributed by atoms with Crippen molar-refractivity contribution < 1.29 is 0 Å². The van der Waals surface area contributed by atoms with Crippen LogP contribution in [0.25, 0.3) is 0 Å². The van der Waals surface area contributed by atoms with E-state index in [0.29, 0.717) is 0 Å². The zero-order valence-electron chi connectivity index (χ0n) is 11.9. The molecule has 1 fully saturated rings. The van der Waals surface area contributed by atoms with E-state index in [2.05, 4.69) is 49.7 Å². The Morgan fingerprint density at radius 1 is 0.950 bits per heavy atom. The summed E-state index contributed by atoms with van der Waals surface area (Å²) in [6.07, 6.45) is 7.01. The van der Waals surface area contributed by atoms with Gasteiger partial charge in [0.25, 0.3) is 0 Å². The van der Waals surface area contributed by atoms with Crippen molar-refractivity contribution in [3.8, 4) is 0 Å². The van der Waals surface area contributed by atoms with Crippen LogP contribution < -0.4 is 4.90 Å². The maximum atomic E-state index is 4.09. The Labute approximate surface area is 120 Å². The minimum Gasteiger partial charge on any atom is -0.370 e. The molecule has 2 aromatic rings. The van der Waals surface area contributed by atoms with Crippen molar-refractivity contribution in [3.05, 3.63) is 49.1 Å². The molecule has 0 amide bonds. The van der Waals surface area contributed by atoms with Crippen molar-refractivity contribution >= 4 is 5.69 Å². The van der Waals surface area contributed by atoms with Crippen molar-refractivity contribution in [1.29, 1.82) is 0 Å². The van der Waals surface area contributed by atoms with E-state index in [1.54, 1.807) is 0 Å². The molecule has 4 heteroatoms. The second-order valence-electron chi connectivity index (χ2n) is 5.32. The lowest BCUT2D eigenvalue weighted by molar-refractivity contribution is 0.281. The summed E-state index contributed by atoms with van der Waals surface area (Å²) in [6.45, 7) is 6.76. The van der Waals surface area contributed by atoms with Gasteiger partial charge < -0.3 is 9.47 Å². The fraction of sp³-hybridized carbons (Fsp3) is 0.438. The Morgan fingerprint density at radius 3 is 2.65 bits per heavy atom. The zero-order valence-corrected chi connectivity index (χ0v) is 11.9. The van der Waals surface area contributed by atoms with Crippen LogP contribution in [0.4, 0.5) is 5.69 Å². The van der Waals surface area contributed by atoms with Gasteiger partial charge in [0.2, 0.25) is 0 Å². The molecule has 0 atom stereocenters. The van der Waals surface area contributed by atoms with E-state index < -0.39 is 0 Å². The molecule has 0 unspecified atom stereocenters. The van der Waals surface area contributed by atoms with Crippen LogP contribution in [0.2, 0.25) is 0 Å². The van der Waals surface area contributed by atoms with Crippen LogP contribution in [0.15, 0.2) is 49.1 Å². The molecular formula is C16H22N4. The molecule has 3 rings (SSSR count). The predicted molar refractivity (Wildman–Crippen MR) is 81.9 cm³/mol. The number of nitrogens with zero attached hydrogens (tertiary/aromatic N) is 4. The lowest BCUT2D eigenvalue weighted by atomic mass is 10.3. The summed E-state index contributed by atoms with van der Waals surface area (Å²) in [5.41, 5.74) is 1.35. The first-order valence-corrected chi connectivity index (χ1v) is 7.40. The highest BCUT2D eigenvalue weighted by Gasteiger charge is 2.14. The molecule has 1 aromatic heterocycles. The third kappa shape index (κ3) is 3.39. The third-order valence-electron chi connectivity index (χ3n) is 3.94. The first kappa shape index (κ1) is 13.2. The van der Waals surface area contributed by atoms with E-state index in [9.17, 15) is 0 Å². The molecule has 2 heterocycles. The summed E-state index contributed by atoms with van der Waals surface area (Å²) in [4.78, 5) is 9.15. The lowest BCUT2D eigenvalue weighted by Crippen LogP contribution is -2.32. The third-order valence-corrected chi connectivity index (χ3v) is 3.94. The topological polar surface area (TPSA) is 24.3 Å². The van der Waals surface area contributed by atoms with E-state index in [4.69, 9.17) is 0 Å². The van der Waals surface area contributed by atoms with Crippen LogP contribution in [0.5, 0.6) is 0 Å². The molecule has 1 saturated heterocycles.